The molecule has 1 aliphatic rings. The van der Waals surface area contributed by atoms with Gasteiger partial charge in [-0.2, -0.15) is 0 Å². The number of amides is 1. The molecule has 1 aromatic rings. The van der Waals surface area contributed by atoms with Gasteiger partial charge >= 0.3 is 0 Å². The van der Waals surface area contributed by atoms with Gasteiger partial charge in [-0.1, -0.05) is 0 Å². The molecule has 1 heterocycles. The van der Waals surface area contributed by atoms with Crippen molar-refractivity contribution in [3.05, 3.63) is 22.2 Å². The molecule has 1 aromatic carbocycles. The van der Waals surface area contributed by atoms with Crippen LogP contribution in [0.2, 0.25) is 0 Å². The van der Waals surface area contributed by atoms with E-state index in [2.05, 4.69) is 15.9 Å². The first kappa shape index (κ1) is 14.5. The van der Waals surface area contributed by atoms with Crippen LogP contribution in [0.1, 0.15) is 12.0 Å². The van der Waals surface area contributed by atoms with Crippen molar-refractivity contribution in [3.8, 4) is 0 Å². The van der Waals surface area contributed by atoms with Crippen molar-refractivity contribution in [1.82, 2.24) is 0 Å². The van der Waals surface area contributed by atoms with Gasteiger partial charge in [0, 0.05) is 24.0 Å². The summed E-state index contributed by atoms with van der Waals surface area (Å²) in [7, 11) is -3.32. The Morgan fingerprint density at radius 2 is 2.16 bits per heavy atom. The minimum atomic E-state index is -3.32. The average molecular weight is 347 g/mol. The third kappa shape index (κ3) is 2.68. The van der Waals surface area contributed by atoms with Crippen LogP contribution in [-0.4, -0.2) is 33.2 Å². The minimum Gasteiger partial charge on any atom is -0.330 e. The fourth-order valence-electron chi connectivity index (χ4n) is 2.14. The van der Waals surface area contributed by atoms with Gasteiger partial charge in [-0.3, -0.25) is 4.79 Å². The van der Waals surface area contributed by atoms with Crippen molar-refractivity contribution in [1.29, 1.82) is 0 Å². The zero-order valence-electron chi connectivity index (χ0n) is 10.5. The lowest BCUT2D eigenvalue weighted by Gasteiger charge is -2.30. The van der Waals surface area contributed by atoms with Crippen molar-refractivity contribution in [2.75, 3.05) is 23.7 Å². The molecule has 0 radical (unpaired) electrons. The number of hydrogen-bond acceptors (Lipinski definition) is 4. The number of benzene rings is 1. The Morgan fingerprint density at radius 1 is 1.47 bits per heavy atom. The molecular weight excluding hydrogens is 332 g/mol. The van der Waals surface area contributed by atoms with Crippen LogP contribution in [-0.2, 0) is 14.6 Å². The molecule has 0 spiro atoms. The number of sulfone groups is 1. The Balaban J connectivity index is 2.61. The van der Waals surface area contributed by atoms with Gasteiger partial charge in [-0.25, -0.2) is 8.42 Å². The molecule has 0 fully saturated rings. The maximum atomic E-state index is 12.1. The monoisotopic (exact) mass is 346 g/mol. The zero-order valence-corrected chi connectivity index (χ0v) is 12.9. The summed E-state index contributed by atoms with van der Waals surface area (Å²) in [4.78, 5) is 13.8. The molecule has 2 N–H and O–H groups in total. The van der Waals surface area contributed by atoms with Gasteiger partial charge in [-0.05, 0) is 40.5 Å². The van der Waals surface area contributed by atoms with E-state index in [0.29, 0.717) is 10.2 Å². The molecule has 7 heteroatoms. The summed E-state index contributed by atoms with van der Waals surface area (Å²) in [5.41, 5.74) is 6.67. The van der Waals surface area contributed by atoms with E-state index in [1.165, 1.54) is 4.90 Å². The van der Waals surface area contributed by atoms with E-state index in [-0.39, 0.29) is 36.1 Å². The summed E-state index contributed by atoms with van der Waals surface area (Å²) >= 11 is 3.35. The van der Waals surface area contributed by atoms with E-state index in [1.807, 2.05) is 13.0 Å². The number of hydrogen-bond donors (Lipinski definition) is 1. The van der Waals surface area contributed by atoms with Crippen LogP contribution >= 0.6 is 15.9 Å². The summed E-state index contributed by atoms with van der Waals surface area (Å²) < 4.78 is 24.9. The van der Waals surface area contributed by atoms with Crippen LogP contribution in [0.3, 0.4) is 0 Å². The lowest BCUT2D eigenvalue weighted by Crippen LogP contribution is -2.40. The molecule has 0 unspecified atom stereocenters. The second-order valence-corrected chi connectivity index (χ2v) is 7.43. The van der Waals surface area contributed by atoms with Gasteiger partial charge in [0.05, 0.1) is 16.3 Å². The lowest BCUT2D eigenvalue weighted by atomic mass is 10.2. The SMILES string of the molecule is Cc1cc(Br)c2c(c1)S(=O)(=O)CCN2C(=O)CCN. The first-order chi connectivity index (χ1) is 8.86. The first-order valence-electron chi connectivity index (χ1n) is 5.90. The molecule has 0 saturated carbocycles. The van der Waals surface area contributed by atoms with Gasteiger partial charge in [0.25, 0.3) is 0 Å². The maximum absolute atomic E-state index is 12.1. The largest absolute Gasteiger partial charge is 0.330 e. The highest BCUT2D eigenvalue weighted by molar-refractivity contribution is 9.10. The summed E-state index contributed by atoms with van der Waals surface area (Å²) in [6, 6.07) is 3.42. The lowest BCUT2D eigenvalue weighted by molar-refractivity contribution is -0.118. The fourth-order valence-corrected chi connectivity index (χ4v) is 4.59. The van der Waals surface area contributed by atoms with E-state index in [0.717, 1.165) is 5.56 Å². The van der Waals surface area contributed by atoms with E-state index in [9.17, 15) is 13.2 Å². The average Bonchev–Trinajstić information content (AvgIpc) is 2.30. The third-order valence-electron chi connectivity index (χ3n) is 3.02. The first-order valence-corrected chi connectivity index (χ1v) is 8.34. The number of fused-ring (bicyclic) bond motifs is 1. The molecule has 2 rings (SSSR count). The summed E-state index contributed by atoms with van der Waals surface area (Å²) in [5.74, 6) is -0.199. The molecule has 0 aliphatic carbocycles. The number of halogens is 1. The van der Waals surface area contributed by atoms with Crippen LogP contribution in [0.4, 0.5) is 5.69 Å². The second kappa shape index (κ2) is 5.22. The Labute approximate surface area is 120 Å². The topological polar surface area (TPSA) is 80.5 Å². The van der Waals surface area contributed by atoms with Crippen LogP contribution in [0.25, 0.3) is 0 Å². The number of rotatable bonds is 2. The Morgan fingerprint density at radius 3 is 2.79 bits per heavy atom. The fraction of sp³-hybridized carbons (Fsp3) is 0.417. The summed E-state index contributed by atoms with van der Waals surface area (Å²) in [6.45, 7) is 2.25. The molecule has 1 amide bonds. The maximum Gasteiger partial charge on any atom is 0.228 e. The van der Waals surface area contributed by atoms with Gasteiger partial charge in [0.2, 0.25) is 5.91 Å². The highest BCUT2D eigenvalue weighted by Gasteiger charge is 2.33. The molecule has 0 saturated heterocycles. The molecule has 1 aliphatic heterocycles. The quantitative estimate of drug-likeness (QED) is 0.873. The standard InChI is InChI=1S/C12H15BrN2O3S/c1-8-6-9(13)12-10(7-8)19(17,18)5-4-15(12)11(16)2-3-14/h6-7H,2-5,14H2,1H3. The van der Waals surface area contributed by atoms with Gasteiger partial charge in [-0.15, -0.1) is 0 Å². The van der Waals surface area contributed by atoms with E-state index < -0.39 is 9.84 Å². The van der Waals surface area contributed by atoms with Crippen molar-refractivity contribution in [2.24, 2.45) is 5.73 Å². The number of anilines is 1. The molecule has 0 bridgehead atoms. The smallest absolute Gasteiger partial charge is 0.228 e. The third-order valence-corrected chi connectivity index (χ3v) is 5.33. The summed E-state index contributed by atoms with van der Waals surface area (Å²) in [5, 5.41) is 0. The van der Waals surface area contributed by atoms with Gasteiger partial charge in [0.15, 0.2) is 9.84 Å². The summed E-state index contributed by atoms with van der Waals surface area (Å²) in [6.07, 6.45) is 0.208. The Kier molecular flexibility index (Phi) is 3.98. The van der Waals surface area contributed by atoms with Crippen LogP contribution in [0, 0.1) is 6.92 Å². The molecule has 5 nitrogen and oxygen atoms in total. The van der Waals surface area contributed by atoms with Crippen LogP contribution < -0.4 is 10.6 Å². The van der Waals surface area contributed by atoms with Crippen molar-refractivity contribution >= 4 is 37.4 Å². The predicted octanol–water partition coefficient (Wildman–Crippen LogP) is 1.23. The normalized spacial score (nSPS) is 17.1. The van der Waals surface area contributed by atoms with Gasteiger partial charge in [0.1, 0.15) is 0 Å². The highest BCUT2D eigenvalue weighted by atomic mass is 79.9. The van der Waals surface area contributed by atoms with Gasteiger partial charge < -0.3 is 10.6 Å². The van der Waals surface area contributed by atoms with Crippen LogP contribution in [0.15, 0.2) is 21.5 Å². The number of nitrogens with zero attached hydrogens (tertiary/aromatic N) is 1. The molecule has 104 valence electrons. The van der Waals surface area contributed by atoms with E-state index >= 15 is 0 Å². The Bertz CT molecular complexity index is 628. The number of carbonyl (C=O) groups is 1. The van der Waals surface area contributed by atoms with E-state index in [1.54, 1.807) is 6.07 Å². The highest BCUT2D eigenvalue weighted by Crippen LogP contribution is 2.38. The molecule has 19 heavy (non-hydrogen) atoms. The number of carbonyl (C=O) groups excluding carboxylic acids is 1. The van der Waals surface area contributed by atoms with Crippen LogP contribution in [0.5, 0.6) is 0 Å². The number of aryl methyl sites for hydroxylation is 1. The second-order valence-electron chi connectivity index (χ2n) is 4.50. The minimum absolute atomic E-state index is 0.0494. The van der Waals surface area contributed by atoms with Crippen molar-refractivity contribution < 1.29 is 13.2 Å². The van der Waals surface area contributed by atoms with Crippen molar-refractivity contribution in [3.63, 3.8) is 0 Å². The molecule has 0 aromatic heterocycles. The van der Waals surface area contributed by atoms with Crippen molar-refractivity contribution in [2.45, 2.75) is 18.2 Å². The number of nitrogens with two attached hydrogens (primary N) is 1. The van der Waals surface area contributed by atoms with E-state index in [4.69, 9.17) is 5.73 Å². The molecule has 0 atom stereocenters. The zero-order chi connectivity index (χ0) is 14.2. The Hall–Kier alpha value is -0.920. The molecular formula is C12H15BrN2O3S. The predicted molar refractivity (Wildman–Crippen MR) is 77.0 cm³/mol.